The lowest BCUT2D eigenvalue weighted by atomic mass is 9.69. The number of benzene rings is 1. The Labute approximate surface area is 163 Å². The van der Waals surface area contributed by atoms with E-state index in [9.17, 15) is 10.5 Å². The number of amidine groups is 1. The number of aromatic nitrogens is 1. The standard InChI is InChI=1S/C21H19N7/c1-27-16(12-22)6-8-19(27)15-5-7-18-17(11-15)21(9-3-2-4-10-21)20(26-18)28(14-24)25-13-23/h5-8,11,25H,2-4,9-10H2,1H3. The third-order valence-corrected chi connectivity index (χ3v) is 5.88. The summed E-state index contributed by atoms with van der Waals surface area (Å²) in [5.41, 5.74) is 6.61. The second kappa shape index (κ2) is 6.76. The number of nitrogens with one attached hydrogen (secondary N) is 1. The van der Waals surface area contributed by atoms with E-state index in [1.165, 1.54) is 5.01 Å². The largest absolute Gasteiger partial charge is 0.335 e. The summed E-state index contributed by atoms with van der Waals surface area (Å²) in [6.07, 6.45) is 8.93. The Morgan fingerprint density at radius 2 is 1.89 bits per heavy atom. The predicted molar refractivity (Wildman–Crippen MR) is 104 cm³/mol. The van der Waals surface area contributed by atoms with Gasteiger partial charge in [-0.15, -0.1) is 0 Å². The van der Waals surface area contributed by atoms with Gasteiger partial charge in [0.1, 0.15) is 11.8 Å². The van der Waals surface area contributed by atoms with Crippen molar-refractivity contribution in [2.75, 3.05) is 0 Å². The van der Waals surface area contributed by atoms with Crippen LogP contribution in [0.25, 0.3) is 11.3 Å². The summed E-state index contributed by atoms with van der Waals surface area (Å²) in [6, 6.07) is 12.1. The summed E-state index contributed by atoms with van der Waals surface area (Å²) in [4.78, 5) is 4.74. The van der Waals surface area contributed by atoms with Crippen LogP contribution in [0.3, 0.4) is 0 Å². The predicted octanol–water partition coefficient (Wildman–Crippen LogP) is 3.58. The van der Waals surface area contributed by atoms with E-state index in [4.69, 9.17) is 10.3 Å². The van der Waals surface area contributed by atoms with Crippen LogP contribution in [0.4, 0.5) is 5.69 Å². The van der Waals surface area contributed by atoms with Crippen LogP contribution in [0.1, 0.15) is 43.4 Å². The molecule has 28 heavy (non-hydrogen) atoms. The van der Waals surface area contributed by atoms with Crippen molar-refractivity contribution in [2.24, 2.45) is 12.0 Å². The number of nitrogens with zero attached hydrogens (tertiary/aromatic N) is 6. The fourth-order valence-electron chi connectivity index (χ4n) is 4.52. The summed E-state index contributed by atoms with van der Waals surface area (Å²) in [5.74, 6) is 0.605. The average molecular weight is 369 g/mol. The number of aliphatic imine (C=N–C) groups is 1. The first-order chi connectivity index (χ1) is 13.6. The first-order valence-electron chi connectivity index (χ1n) is 9.29. The molecule has 0 atom stereocenters. The number of fused-ring (bicyclic) bond motifs is 2. The minimum absolute atomic E-state index is 0.369. The first-order valence-corrected chi connectivity index (χ1v) is 9.29. The van der Waals surface area contributed by atoms with E-state index in [2.05, 4.69) is 17.6 Å². The molecule has 0 unspecified atom stereocenters. The minimum atomic E-state index is -0.369. The number of hydrogen-bond acceptors (Lipinski definition) is 6. The van der Waals surface area contributed by atoms with Gasteiger partial charge in [-0.2, -0.15) is 20.8 Å². The maximum Gasteiger partial charge on any atom is 0.206 e. The number of hydrogen-bond donors (Lipinski definition) is 1. The number of hydrazine groups is 1. The molecule has 138 valence electrons. The van der Waals surface area contributed by atoms with Crippen LogP contribution in [0.5, 0.6) is 0 Å². The third kappa shape index (κ3) is 2.51. The Hall–Kier alpha value is -3.76. The Balaban J connectivity index is 1.84. The molecular weight excluding hydrogens is 350 g/mol. The van der Waals surface area contributed by atoms with Gasteiger partial charge in [-0.05, 0) is 48.2 Å². The maximum atomic E-state index is 9.56. The molecule has 2 heterocycles. The fraction of sp³-hybridized carbons (Fsp3) is 0.333. The highest BCUT2D eigenvalue weighted by molar-refractivity contribution is 6.01. The maximum absolute atomic E-state index is 9.56. The van der Waals surface area contributed by atoms with Crippen molar-refractivity contribution in [3.63, 3.8) is 0 Å². The molecular formula is C21H19N7. The van der Waals surface area contributed by atoms with Gasteiger partial charge in [0.25, 0.3) is 0 Å². The molecule has 1 fully saturated rings. The van der Waals surface area contributed by atoms with Crippen molar-refractivity contribution in [2.45, 2.75) is 37.5 Å². The van der Waals surface area contributed by atoms with Gasteiger partial charge >= 0.3 is 0 Å². The molecule has 0 amide bonds. The van der Waals surface area contributed by atoms with Gasteiger partial charge < -0.3 is 4.57 Å². The molecule has 1 saturated carbocycles. The van der Waals surface area contributed by atoms with Crippen molar-refractivity contribution in [3.8, 4) is 29.7 Å². The van der Waals surface area contributed by atoms with Crippen molar-refractivity contribution in [1.82, 2.24) is 15.0 Å². The molecule has 2 aliphatic rings. The zero-order valence-corrected chi connectivity index (χ0v) is 15.6. The van der Waals surface area contributed by atoms with E-state index in [1.54, 1.807) is 0 Å². The van der Waals surface area contributed by atoms with Crippen molar-refractivity contribution in [1.29, 1.82) is 15.8 Å². The fourth-order valence-corrected chi connectivity index (χ4v) is 4.52. The summed E-state index contributed by atoms with van der Waals surface area (Å²) in [7, 11) is 1.88. The SMILES string of the molecule is Cn1c(C#N)ccc1-c1ccc2c(c1)C1(CCCCC1)C(N(C#N)NC#N)=N2. The van der Waals surface area contributed by atoms with Gasteiger partial charge in [-0.25, -0.2) is 10.4 Å². The zero-order valence-electron chi connectivity index (χ0n) is 15.6. The van der Waals surface area contributed by atoms with E-state index < -0.39 is 0 Å². The summed E-state index contributed by atoms with van der Waals surface area (Å²) in [6.45, 7) is 0. The van der Waals surface area contributed by atoms with Gasteiger partial charge in [0.2, 0.25) is 6.19 Å². The Kier molecular flexibility index (Phi) is 4.26. The average Bonchev–Trinajstić information content (AvgIpc) is 3.24. The zero-order chi connectivity index (χ0) is 19.7. The van der Waals surface area contributed by atoms with Crippen molar-refractivity contribution < 1.29 is 0 Å². The lowest BCUT2D eigenvalue weighted by Crippen LogP contribution is -2.48. The molecule has 4 rings (SSSR count). The smallest absolute Gasteiger partial charge is 0.206 e. The Bertz CT molecular complexity index is 1080. The van der Waals surface area contributed by atoms with Gasteiger partial charge in [0.05, 0.1) is 11.1 Å². The van der Waals surface area contributed by atoms with E-state index in [1.807, 2.05) is 48.3 Å². The van der Waals surface area contributed by atoms with Crippen LogP contribution in [-0.2, 0) is 12.5 Å². The Morgan fingerprint density at radius 1 is 1.11 bits per heavy atom. The minimum Gasteiger partial charge on any atom is -0.335 e. The molecule has 1 aromatic carbocycles. The number of rotatable bonds is 2. The van der Waals surface area contributed by atoms with E-state index in [-0.39, 0.29) is 5.41 Å². The molecule has 1 spiro atoms. The molecule has 1 aliphatic carbocycles. The molecule has 1 aliphatic heterocycles. The first kappa shape index (κ1) is 17.6. The second-order valence-corrected chi connectivity index (χ2v) is 7.24. The van der Waals surface area contributed by atoms with Crippen LogP contribution in [-0.4, -0.2) is 15.4 Å². The van der Waals surface area contributed by atoms with E-state index in [0.717, 1.165) is 54.6 Å². The van der Waals surface area contributed by atoms with Crippen molar-refractivity contribution in [3.05, 3.63) is 41.6 Å². The topological polar surface area (TPSA) is 104 Å². The van der Waals surface area contributed by atoms with Crippen molar-refractivity contribution >= 4 is 11.5 Å². The van der Waals surface area contributed by atoms with Crippen LogP contribution in [0, 0.1) is 34.2 Å². The summed E-state index contributed by atoms with van der Waals surface area (Å²) >= 11 is 0. The molecule has 1 N–H and O–H groups in total. The van der Waals surface area contributed by atoms with Gasteiger partial charge in [-0.3, -0.25) is 0 Å². The summed E-state index contributed by atoms with van der Waals surface area (Å²) < 4.78 is 1.88. The van der Waals surface area contributed by atoms with Crippen LogP contribution < -0.4 is 5.43 Å². The lowest BCUT2D eigenvalue weighted by Gasteiger charge is -2.37. The quantitative estimate of drug-likeness (QED) is 0.495. The van der Waals surface area contributed by atoms with Gasteiger partial charge in [-0.1, -0.05) is 25.3 Å². The van der Waals surface area contributed by atoms with Crippen LogP contribution in [0.15, 0.2) is 35.3 Å². The van der Waals surface area contributed by atoms with Crippen LogP contribution in [0.2, 0.25) is 0 Å². The molecule has 0 radical (unpaired) electrons. The third-order valence-electron chi connectivity index (χ3n) is 5.88. The highest BCUT2D eigenvalue weighted by atomic mass is 15.5. The van der Waals surface area contributed by atoms with Crippen LogP contribution >= 0.6 is 0 Å². The normalized spacial score (nSPS) is 16.4. The monoisotopic (exact) mass is 369 g/mol. The highest BCUT2D eigenvalue weighted by Gasteiger charge is 2.47. The van der Waals surface area contributed by atoms with Gasteiger partial charge in [0, 0.05) is 12.7 Å². The molecule has 2 aromatic rings. The van der Waals surface area contributed by atoms with E-state index >= 15 is 0 Å². The summed E-state index contributed by atoms with van der Waals surface area (Å²) in [5, 5.41) is 29.0. The van der Waals surface area contributed by atoms with Gasteiger partial charge in [0.15, 0.2) is 12.0 Å². The molecule has 7 nitrogen and oxygen atoms in total. The van der Waals surface area contributed by atoms with E-state index in [0.29, 0.717) is 11.5 Å². The second-order valence-electron chi connectivity index (χ2n) is 7.24. The molecule has 0 saturated heterocycles. The Morgan fingerprint density at radius 3 is 2.54 bits per heavy atom. The molecule has 1 aromatic heterocycles. The number of nitriles is 3. The highest BCUT2D eigenvalue weighted by Crippen LogP contribution is 2.50. The molecule has 0 bridgehead atoms. The lowest BCUT2D eigenvalue weighted by molar-refractivity contribution is 0.347. The molecule has 7 heteroatoms.